The molecule has 0 amide bonds. The van der Waals surface area contributed by atoms with Crippen LogP contribution < -0.4 is 5.73 Å². The maximum Gasteiger partial charge on any atom is 0.472 e. The smallest absolute Gasteiger partial charge is 0.462 e. The van der Waals surface area contributed by atoms with Crippen molar-refractivity contribution in [3.63, 3.8) is 0 Å². The first-order valence-corrected chi connectivity index (χ1v) is 22.3. The minimum Gasteiger partial charge on any atom is -0.462 e. The van der Waals surface area contributed by atoms with Gasteiger partial charge in [-0.25, -0.2) is 4.57 Å². The van der Waals surface area contributed by atoms with E-state index in [1.54, 1.807) is 6.08 Å². The fourth-order valence-electron chi connectivity index (χ4n) is 5.67. The third-order valence-electron chi connectivity index (χ3n) is 8.82. The highest BCUT2D eigenvalue weighted by atomic mass is 31.2. The van der Waals surface area contributed by atoms with Crippen LogP contribution >= 0.6 is 7.82 Å². The number of carbonyl (C=O) groups is 3. The van der Waals surface area contributed by atoms with Crippen molar-refractivity contribution in [2.45, 2.75) is 193 Å². The van der Waals surface area contributed by atoms with Crippen molar-refractivity contribution in [2.24, 2.45) is 5.73 Å². The highest BCUT2D eigenvalue weighted by Gasteiger charge is 2.26. The Morgan fingerprint density at radius 3 is 1.63 bits per heavy atom. The molecule has 0 aliphatic rings. The molecule has 0 rings (SSSR count). The molecule has 3 N–H and O–H groups in total. The number of ether oxygens (including phenoxy) is 2. The number of rotatable bonds is 39. The van der Waals surface area contributed by atoms with Crippen LogP contribution in [-0.4, -0.2) is 55.1 Å². The second kappa shape index (κ2) is 37.5. The predicted octanol–water partition coefficient (Wildman–Crippen LogP) is 10.8. The van der Waals surface area contributed by atoms with E-state index >= 15 is 0 Å². The lowest BCUT2D eigenvalue weighted by Gasteiger charge is -2.19. The second-order valence-electron chi connectivity index (χ2n) is 13.9. The van der Waals surface area contributed by atoms with Gasteiger partial charge in [-0.15, -0.1) is 0 Å². The molecule has 0 aliphatic heterocycles. The van der Waals surface area contributed by atoms with Gasteiger partial charge in [0.05, 0.1) is 13.2 Å². The summed E-state index contributed by atoms with van der Waals surface area (Å²) in [5.41, 5.74) is 5.33. The van der Waals surface area contributed by atoms with Crippen LogP contribution in [0.4, 0.5) is 0 Å². The van der Waals surface area contributed by atoms with Gasteiger partial charge in [0.15, 0.2) is 11.9 Å². The second-order valence-corrected chi connectivity index (χ2v) is 15.4. The largest absolute Gasteiger partial charge is 0.472 e. The van der Waals surface area contributed by atoms with Crippen molar-refractivity contribution in [2.75, 3.05) is 26.4 Å². The van der Waals surface area contributed by atoms with Gasteiger partial charge in [0.1, 0.15) is 6.61 Å². The average Bonchev–Trinajstić information content (AvgIpc) is 3.12. The van der Waals surface area contributed by atoms with Gasteiger partial charge in [0.2, 0.25) is 0 Å². The van der Waals surface area contributed by atoms with E-state index in [-0.39, 0.29) is 38.4 Å². The molecule has 0 radical (unpaired) electrons. The summed E-state index contributed by atoms with van der Waals surface area (Å²) in [6.45, 7) is 3.55. The maximum absolute atomic E-state index is 12.6. The van der Waals surface area contributed by atoms with Gasteiger partial charge in [-0.05, 0) is 38.2 Å². The monoisotopic (exact) mass is 758 g/mol. The molecule has 0 aromatic heterocycles. The van der Waals surface area contributed by atoms with E-state index in [1.165, 1.54) is 89.9 Å². The molecule has 0 heterocycles. The molecule has 2 atom stereocenters. The molecular formula is C41H76NO9P. The Kier molecular flexibility index (Phi) is 36.1. The normalized spacial score (nSPS) is 13.5. The molecule has 0 fully saturated rings. The molecule has 52 heavy (non-hydrogen) atoms. The van der Waals surface area contributed by atoms with Crippen LogP contribution in [0, 0.1) is 0 Å². The van der Waals surface area contributed by atoms with E-state index in [2.05, 4.69) is 19.9 Å². The van der Waals surface area contributed by atoms with Crippen molar-refractivity contribution >= 4 is 25.5 Å². The number of hydrogen-bond donors (Lipinski definition) is 2. The topological polar surface area (TPSA) is 151 Å². The number of hydrogen-bond acceptors (Lipinski definition) is 9. The van der Waals surface area contributed by atoms with Crippen LogP contribution in [0.1, 0.15) is 187 Å². The molecule has 0 aromatic carbocycles. The lowest BCUT2D eigenvalue weighted by molar-refractivity contribution is -0.161. The van der Waals surface area contributed by atoms with Gasteiger partial charge < -0.3 is 20.1 Å². The number of nitrogens with two attached hydrogens (primary N) is 1. The Hall–Kier alpha value is -1.84. The number of phosphoric ester groups is 1. The van der Waals surface area contributed by atoms with Gasteiger partial charge in [0, 0.05) is 25.8 Å². The van der Waals surface area contributed by atoms with E-state index in [0.717, 1.165) is 51.4 Å². The van der Waals surface area contributed by atoms with Crippen molar-refractivity contribution in [3.05, 3.63) is 24.3 Å². The zero-order chi connectivity index (χ0) is 38.4. The van der Waals surface area contributed by atoms with E-state index in [0.29, 0.717) is 19.3 Å². The molecule has 10 nitrogen and oxygen atoms in total. The zero-order valence-corrected chi connectivity index (χ0v) is 33.9. The lowest BCUT2D eigenvalue weighted by Crippen LogP contribution is -2.29. The summed E-state index contributed by atoms with van der Waals surface area (Å²) in [6, 6.07) is 0. The minimum atomic E-state index is -4.40. The standard InChI is InChI=1S/C41H76NO9P/c1-3-5-7-9-11-12-13-14-15-16-17-18-20-24-29-33-41(45)51-39(37-50-52(46,47)49-35-34-42)36-48-40(44)32-28-25-21-23-27-31-38(43)30-26-22-19-10-8-6-4-2/h19,22,26,30,39H,3-18,20-21,23-25,27-29,31-37,42H2,1-2H3,(H,46,47)/b22-19-,30-26+/t39-/m1/s1. The number of unbranched alkanes of at least 4 members (excludes halogenated alkanes) is 21. The first-order valence-electron chi connectivity index (χ1n) is 20.8. The van der Waals surface area contributed by atoms with Crippen LogP contribution in [0.2, 0.25) is 0 Å². The Bertz CT molecular complexity index is 972. The number of esters is 2. The van der Waals surface area contributed by atoms with Crippen LogP contribution in [0.15, 0.2) is 24.3 Å². The Labute approximate surface area is 317 Å². The van der Waals surface area contributed by atoms with Gasteiger partial charge in [0.25, 0.3) is 0 Å². The summed E-state index contributed by atoms with van der Waals surface area (Å²) in [5.74, 6) is -0.791. The van der Waals surface area contributed by atoms with Crippen LogP contribution in [0.5, 0.6) is 0 Å². The fourth-order valence-corrected chi connectivity index (χ4v) is 6.44. The fraction of sp³-hybridized carbons (Fsp3) is 0.829. The lowest BCUT2D eigenvalue weighted by atomic mass is 10.0. The first-order chi connectivity index (χ1) is 25.2. The molecule has 0 spiro atoms. The van der Waals surface area contributed by atoms with E-state index in [4.69, 9.17) is 24.3 Å². The Morgan fingerprint density at radius 2 is 1.10 bits per heavy atom. The van der Waals surface area contributed by atoms with Crippen LogP contribution in [0.25, 0.3) is 0 Å². The summed E-state index contributed by atoms with van der Waals surface area (Å²) >= 11 is 0. The molecule has 1 unspecified atom stereocenters. The van der Waals surface area contributed by atoms with Crippen LogP contribution in [0.3, 0.4) is 0 Å². The third kappa shape index (κ3) is 36.5. The van der Waals surface area contributed by atoms with E-state index in [9.17, 15) is 23.8 Å². The SMILES string of the molecule is CCCCC/C=C\C=C\C(=O)CCCCCCCC(=O)OC[C@H](COP(=O)(O)OCCN)OC(=O)CCCCCCCCCCCCCCCCC. The quantitative estimate of drug-likeness (QED) is 0.0204. The number of carbonyl (C=O) groups excluding carboxylic acids is 3. The molecule has 0 saturated heterocycles. The van der Waals surface area contributed by atoms with Crippen molar-refractivity contribution in [1.82, 2.24) is 0 Å². The van der Waals surface area contributed by atoms with Crippen LogP contribution in [-0.2, 0) is 37.5 Å². The van der Waals surface area contributed by atoms with E-state index in [1.807, 2.05) is 12.2 Å². The van der Waals surface area contributed by atoms with Crippen molar-refractivity contribution in [1.29, 1.82) is 0 Å². The minimum absolute atomic E-state index is 0.0375. The molecule has 0 aliphatic carbocycles. The Morgan fingerprint density at radius 1 is 0.615 bits per heavy atom. The summed E-state index contributed by atoms with van der Waals surface area (Å²) in [6.07, 6.45) is 34.5. The number of ketones is 1. The summed E-state index contributed by atoms with van der Waals surface area (Å²) in [7, 11) is -4.40. The predicted molar refractivity (Wildman–Crippen MR) is 211 cm³/mol. The third-order valence-corrected chi connectivity index (χ3v) is 9.80. The highest BCUT2D eigenvalue weighted by Crippen LogP contribution is 2.43. The molecular weight excluding hydrogens is 681 g/mol. The zero-order valence-electron chi connectivity index (χ0n) is 33.0. The van der Waals surface area contributed by atoms with Gasteiger partial charge in [-0.2, -0.15) is 0 Å². The number of allylic oxidation sites excluding steroid dienone is 4. The summed E-state index contributed by atoms with van der Waals surface area (Å²) in [4.78, 5) is 46.8. The first kappa shape index (κ1) is 50.2. The van der Waals surface area contributed by atoms with Gasteiger partial charge in [-0.3, -0.25) is 23.4 Å². The van der Waals surface area contributed by atoms with Crippen molar-refractivity contribution < 1.29 is 42.4 Å². The summed E-state index contributed by atoms with van der Waals surface area (Å²) in [5, 5.41) is 0. The van der Waals surface area contributed by atoms with E-state index < -0.39 is 32.5 Å². The molecule has 0 saturated carbocycles. The van der Waals surface area contributed by atoms with Gasteiger partial charge in [-0.1, -0.05) is 154 Å². The molecule has 11 heteroatoms. The average molecular weight is 758 g/mol. The molecule has 0 aromatic rings. The van der Waals surface area contributed by atoms with Crippen molar-refractivity contribution in [3.8, 4) is 0 Å². The highest BCUT2D eigenvalue weighted by molar-refractivity contribution is 7.47. The maximum atomic E-state index is 12.6. The molecule has 304 valence electrons. The van der Waals surface area contributed by atoms with Gasteiger partial charge >= 0.3 is 19.8 Å². The Balaban J connectivity index is 4.25. The molecule has 0 bridgehead atoms. The summed E-state index contributed by atoms with van der Waals surface area (Å²) < 4.78 is 32.6. The number of phosphoric acid groups is 1.